The van der Waals surface area contributed by atoms with Crippen LogP contribution in [0.2, 0.25) is 0 Å². The van der Waals surface area contributed by atoms with Gasteiger partial charge in [-0.2, -0.15) is 5.26 Å². The van der Waals surface area contributed by atoms with Gasteiger partial charge in [-0.05, 0) is 0 Å². The molecule has 0 aliphatic rings. The highest BCUT2D eigenvalue weighted by Crippen LogP contribution is 2.28. The Morgan fingerprint density at radius 1 is 1.67 bits per heavy atom. The number of aliphatic hydroxyl groups is 1. The highest BCUT2D eigenvalue weighted by Gasteiger charge is 2.19. The maximum atomic E-state index is 12.5. The number of rotatable bonds is 3. The lowest BCUT2D eigenvalue weighted by molar-refractivity contribution is 0.140. The molecule has 0 saturated heterocycles. The summed E-state index contributed by atoms with van der Waals surface area (Å²) in [6, 6.07) is 2.85. The highest BCUT2D eigenvalue weighted by atomic mass is 19.3. The fraction of sp³-hybridized carbons (Fsp3) is 0.333. The van der Waals surface area contributed by atoms with Crippen LogP contribution >= 0.6 is 0 Å². The predicted molar refractivity (Wildman–Crippen MR) is 46.4 cm³/mol. The number of aliphatic hydroxyl groups excluding tert-OH is 1. The quantitative estimate of drug-likeness (QED) is 0.825. The second-order valence-electron chi connectivity index (χ2n) is 2.64. The Labute approximate surface area is 84.7 Å². The third kappa shape index (κ3) is 2.19. The fourth-order valence-electron chi connectivity index (χ4n) is 1.15. The molecule has 4 nitrogen and oxygen atoms in total. The Bertz CT molecular complexity index is 402. The molecule has 0 atom stereocenters. The summed E-state index contributed by atoms with van der Waals surface area (Å²) in [5, 5.41) is 17.5. The van der Waals surface area contributed by atoms with E-state index in [4.69, 9.17) is 15.1 Å². The van der Waals surface area contributed by atoms with Crippen LogP contribution in [0.25, 0.3) is 0 Å². The molecule has 0 aromatic carbocycles. The number of nitriles is 1. The first kappa shape index (κ1) is 11.3. The van der Waals surface area contributed by atoms with Gasteiger partial charge in [0, 0.05) is 11.6 Å². The number of hydrogen-bond acceptors (Lipinski definition) is 4. The molecular formula is C9H8F2N2O2. The summed E-state index contributed by atoms with van der Waals surface area (Å²) in [7, 11) is 1.27. The summed E-state index contributed by atoms with van der Waals surface area (Å²) < 4.78 is 29.8. The molecule has 15 heavy (non-hydrogen) atoms. The maximum Gasteiger partial charge on any atom is 0.280 e. The molecule has 0 aliphatic heterocycles. The Hall–Kier alpha value is -1.74. The smallest absolute Gasteiger partial charge is 0.280 e. The third-order valence-electron chi connectivity index (χ3n) is 1.81. The van der Waals surface area contributed by atoms with Crippen molar-refractivity contribution in [1.82, 2.24) is 4.98 Å². The van der Waals surface area contributed by atoms with Gasteiger partial charge in [0.15, 0.2) is 0 Å². The lowest BCUT2D eigenvalue weighted by atomic mass is 10.1. The van der Waals surface area contributed by atoms with E-state index in [1.807, 2.05) is 0 Å². The molecule has 6 heteroatoms. The summed E-state index contributed by atoms with van der Waals surface area (Å²) in [6.45, 7) is -0.610. The van der Waals surface area contributed by atoms with Gasteiger partial charge in [-0.25, -0.2) is 13.8 Å². The van der Waals surface area contributed by atoms with Crippen LogP contribution in [0, 0.1) is 11.3 Å². The van der Waals surface area contributed by atoms with Crippen molar-refractivity contribution in [2.24, 2.45) is 0 Å². The minimum atomic E-state index is -2.85. The lowest BCUT2D eigenvalue weighted by Gasteiger charge is -2.10. The molecule has 0 saturated carbocycles. The standard InChI is InChI=1S/C9H8F2N2O2/c1-15-7-2-5(3-12)13-8(9(10)11)6(7)4-14/h2,9,14H,4H2,1H3. The van der Waals surface area contributed by atoms with Crippen molar-refractivity contribution < 1.29 is 18.6 Å². The normalized spacial score (nSPS) is 10.1. The first-order chi connectivity index (χ1) is 7.13. The van der Waals surface area contributed by atoms with Crippen LogP contribution in [0.4, 0.5) is 8.78 Å². The van der Waals surface area contributed by atoms with Gasteiger partial charge >= 0.3 is 0 Å². The number of alkyl halides is 2. The Morgan fingerprint density at radius 2 is 2.33 bits per heavy atom. The molecule has 0 fully saturated rings. The largest absolute Gasteiger partial charge is 0.496 e. The van der Waals surface area contributed by atoms with Crippen molar-refractivity contribution in [3.05, 3.63) is 23.0 Å². The molecule has 0 aliphatic carbocycles. The molecular weight excluding hydrogens is 206 g/mol. The minimum Gasteiger partial charge on any atom is -0.496 e. The van der Waals surface area contributed by atoms with Crippen LogP contribution in [0.15, 0.2) is 6.07 Å². The van der Waals surface area contributed by atoms with E-state index in [0.29, 0.717) is 0 Å². The molecule has 0 unspecified atom stereocenters. The van der Waals surface area contributed by atoms with Crippen molar-refractivity contribution in [3.63, 3.8) is 0 Å². The van der Waals surface area contributed by atoms with Crippen LogP contribution in [0.3, 0.4) is 0 Å². The fourth-order valence-corrected chi connectivity index (χ4v) is 1.15. The van der Waals surface area contributed by atoms with Crippen LogP contribution in [-0.4, -0.2) is 17.2 Å². The number of aromatic nitrogens is 1. The average Bonchev–Trinajstić information content (AvgIpc) is 2.26. The van der Waals surface area contributed by atoms with Crippen molar-refractivity contribution in [2.75, 3.05) is 7.11 Å². The first-order valence-electron chi connectivity index (χ1n) is 4.01. The Balaban J connectivity index is 3.40. The summed E-state index contributed by atoms with van der Waals surface area (Å²) >= 11 is 0. The van der Waals surface area contributed by atoms with Gasteiger partial charge in [0.1, 0.15) is 23.2 Å². The van der Waals surface area contributed by atoms with Gasteiger partial charge < -0.3 is 9.84 Å². The maximum absolute atomic E-state index is 12.5. The molecule has 80 valence electrons. The Morgan fingerprint density at radius 3 is 2.73 bits per heavy atom. The van der Waals surface area contributed by atoms with E-state index in [1.54, 1.807) is 6.07 Å². The average molecular weight is 214 g/mol. The molecule has 1 N–H and O–H groups in total. The van der Waals surface area contributed by atoms with Crippen LogP contribution in [0.5, 0.6) is 5.75 Å². The Kier molecular flexibility index (Phi) is 3.52. The van der Waals surface area contributed by atoms with Gasteiger partial charge in [-0.15, -0.1) is 0 Å². The molecule has 1 rings (SSSR count). The highest BCUT2D eigenvalue weighted by molar-refractivity contribution is 5.41. The van der Waals surface area contributed by atoms with Gasteiger partial charge in [0.2, 0.25) is 0 Å². The van der Waals surface area contributed by atoms with Crippen molar-refractivity contribution >= 4 is 0 Å². The van der Waals surface area contributed by atoms with Crippen LogP contribution in [-0.2, 0) is 6.61 Å². The number of nitrogens with zero attached hydrogens (tertiary/aromatic N) is 2. The van der Waals surface area contributed by atoms with Crippen molar-refractivity contribution in [3.8, 4) is 11.8 Å². The molecule has 1 heterocycles. The van der Waals surface area contributed by atoms with E-state index in [-0.39, 0.29) is 17.0 Å². The summed E-state index contributed by atoms with van der Waals surface area (Å²) in [6.07, 6.45) is -2.85. The van der Waals surface area contributed by atoms with E-state index < -0.39 is 18.7 Å². The number of pyridine rings is 1. The monoisotopic (exact) mass is 214 g/mol. The zero-order chi connectivity index (χ0) is 11.4. The van der Waals surface area contributed by atoms with E-state index in [2.05, 4.69) is 4.98 Å². The van der Waals surface area contributed by atoms with E-state index in [1.165, 1.54) is 13.2 Å². The number of methoxy groups -OCH3 is 1. The zero-order valence-electron chi connectivity index (χ0n) is 7.87. The van der Waals surface area contributed by atoms with Crippen LogP contribution in [0.1, 0.15) is 23.4 Å². The van der Waals surface area contributed by atoms with Crippen molar-refractivity contribution in [1.29, 1.82) is 5.26 Å². The van der Waals surface area contributed by atoms with Gasteiger partial charge in [0.25, 0.3) is 6.43 Å². The van der Waals surface area contributed by atoms with Crippen LogP contribution < -0.4 is 4.74 Å². The van der Waals surface area contributed by atoms with Gasteiger partial charge in [-0.3, -0.25) is 0 Å². The first-order valence-corrected chi connectivity index (χ1v) is 4.01. The minimum absolute atomic E-state index is 0.0411. The van der Waals surface area contributed by atoms with E-state index in [9.17, 15) is 8.78 Å². The molecule has 0 amide bonds. The summed E-state index contributed by atoms with van der Waals surface area (Å²) in [4.78, 5) is 3.42. The summed E-state index contributed by atoms with van der Waals surface area (Å²) in [5.74, 6) is 0.0411. The molecule has 0 spiro atoms. The van der Waals surface area contributed by atoms with Crippen molar-refractivity contribution in [2.45, 2.75) is 13.0 Å². The van der Waals surface area contributed by atoms with Gasteiger partial charge in [0.05, 0.1) is 13.7 Å². The molecule has 1 aromatic heterocycles. The molecule has 0 radical (unpaired) electrons. The molecule has 0 bridgehead atoms. The predicted octanol–water partition coefficient (Wildman–Crippen LogP) is 1.39. The second kappa shape index (κ2) is 4.66. The number of ether oxygens (including phenoxy) is 1. The topological polar surface area (TPSA) is 66.1 Å². The third-order valence-corrected chi connectivity index (χ3v) is 1.81. The SMILES string of the molecule is COc1cc(C#N)nc(C(F)F)c1CO. The lowest BCUT2D eigenvalue weighted by Crippen LogP contribution is -2.04. The second-order valence-corrected chi connectivity index (χ2v) is 2.64. The van der Waals surface area contributed by atoms with E-state index in [0.717, 1.165) is 0 Å². The number of halogens is 2. The van der Waals surface area contributed by atoms with E-state index >= 15 is 0 Å². The number of hydrogen-bond donors (Lipinski definition) is 1. The summed E-state index contributed by atoms with van der Waals surface area (Å²) in [5.41, 5.74) is -0.876. The zero-order valence-corrected chi connectivity index (χ0v) is 7.87. The molecule has 1 aromatic rings. The van der Waals surface area contributed by atoms with Gasteiger partial charge in [-0.1, -0.05) is 0 Å².